The zero-order valence-corrected chi connectivity index (χ0v) is 14.3. The predicted molar refractivity (Wildman–Crippen MR) is 98.2 cm³/mol. The van der Waals surface area contributed by atoms with E-state index in [1.54, 1.807) is 6.07 Å². The zero-order chi connectivity index (χ0) is 18.4. The fourth-order valence-electron chi connectivity index (χ4n) is 2.97. The molecule has 2 aromatic carbocycles. The molecule has 0 aromatic heterocycles. The van der Waals surface area contributed by atoms with Gasteiger partial charge in [-0.15, -0.1) is 0 Å². The van der Waals surface area contributed by atoms with Crippen molar-refractivity contribution in [2.75, 3.05) is 25.0 Å². The SMILES string of the molecule is O=C(C[NH+]1CC=C(c2ccccc2)CC1)NC(=O)Nc1ccccc1F. The number of para-hydroxylation sites is 1. The lowest BCUT2D eigenvalue weighted by molar-refractivity contribution is -0.886. The van der Waals surface area contributed by atoms with Crippen molar-refractivity contribution in [3.8, 4) is 0 Å². The van der Waals surface area contributed by atoms with E-state index in [9.17, 15) is 14.0 Å². The molecule has 134 valence electrons. The molecular weight excluding hydrogens is 333 g/mol. The van der Waals surface area contributed by atoms with Crippen LogP contribution in [-0.4, -0.2) is 31.6 Å². The lowest BCUT2D eigenvalue weighted by Gasteiger charge is -2.23. The summed E-state index contributed by atoms with van der Waals surface area (Å²) in [5.41, 5.74) is 2.53. The molecule has 0 spiro atoms. The molecule has 6 heteroatoms. The molecule has 3 amide bonds. The molecule has 0 fully saturated rings. The Hall–Kier alpha value is -2.99. The highest BCUT2D eigenvalue weighted by atomic mass is 19.1. The van der Waals surface area contributed by atoms with E-state index in [1.165, 1.54) is 29.3 Å². The normalized spacial score (nSPS) is 16.5. The first-order valence-electron chi connectivity index (χ1n) is 8.55. The number of amides is 3. The molecule has 1 atom stereocenters. The van der Waals surface area contributed by atoms with Crippen LogP contribution in [0.2, 0.25) is 0 Å². The molecule has 2 aromatic rings. The van der Waals surface area contributed by atoms with Crippen molar-refractivity contribution in [2.45, 2.75) is 6.42 Å². The quantitative estimate of drug-likeness (QED) is 0.785. The summed E-state index contributed by atoms with van der Waals surface area (Å²) in [6.07, 6.45) is 3.02. The van der Waals surface area contributed by atoms with Gasteiger partial charge in [0.15, 0.2) is 6.54 Å². The van der Waals surface area contributed by atoms with E-state index in [2.05, 4.69) is 28.8 Å². The van der Waals surface area contributed by atoms with Crippen molar-refractivity contribution in [1.29, 1.82) is 0 Å². The molecule has 0 saturated heterocycles. The van der Waals surface area contributed by atoms with Gasteiger partial charge in [0.25, 0.3) is 5.91 Å². The topological polar surface area (TPSA) is 62.6 Å². The number of anilines is 1. The fraction of sp³-hybridized carbons (Fsp3) is 0.200. The minimum atomic E-state index is -0.725. The Morgan fingerprint density at radius 1 is 1.04 bits per heavy atom. The van der Waals surface area contributed by atoms with Crippen molar-refractivity contribution in [3.05, 3.63) is 72.1 Å². The minimum absolute atomic E-state index is 0.0403. The first kappa shape index (κ1) is 17.8. The van der Waals surface area contributed by atoms with Gasteiger partial charge in [-0.3, -0.25) is 10.1 Å². The molecular formula is C20H21FN3O2+. The fourth-order valence-corrected chi connectivity index (χ4v) is 2.97. The molecule has 0 aliphatic carbocycles. The lowest BCUT2D eigenvalue weighted by atomic mass is 10.00. The third kappa shape index (κ3) is 4.77. The van der Waals surface area contributed by atoms with E-state index in [0.29, 0.717) is 0 Å². The van der Waals surface area contributed by atoms with Gasteiger partial charge < -0.3 is 10.2 Å². The Bertz CT molecular complexity index is 821. The largest absolute Gasteiger partial charge is 0.326 e. The number of quaternary nitrogens is 1. The molecule has 3 rings (SSSR count). The van der Waals surface area contributed by atoms with Crippen LogP contribution < -0.4 is 15.5 Å². The second-order valence-electron chi connectivity index (χ2n) is 6.21. The van der Waals surface area contributed by atoms with Gasteiger partial charge in [0.2, 0.25) is 0 Å². The summed E-state index contributed by atoms with van der Waals surface area (Å²) in [7, 11) is 0. The van der Waals surface area contributed by atoms with E-state index < -0.39 is 11.8 Å². The maximum atomic E-state index is 13.5. The van der Waals surface area contributed by atoms with Gasteiger partial charge in [-0.2, -0.15) is 0 Å². The second-order valence-corrected chi connectivity index (χ2v) is 6.21. The summed E-state index contributed by atoms with van der Waals surface area (Å²) in [5, 5.41) is 4.59. The second kappa shape index (κ2) is 8.40. The number of carbonyl (C=O) groups is 2. The smallest absolute Gasteiger partial charge is 0.324 e. The van der Waals surface area contributed by atoms with Crippen molar-refractivity contribution < 1.29 is 18.9 Å². The molecule has 26 heavy (non-hydrogen) atoms. The number of nitrogens with one attached hydrogen (secondary N) is 3. The molecule has 1 aliphatic rings. The van der Waals surface area contributed by atoms with Crippen LogP contribution in [0.15, 0.2) is 60.7 Å². The van der Waals surface area contributed by atoms with Gasteiger partial charge >= 0.3 is 6.03 Å². The summed E-state index contributed by atoms with van der Waals surface area (Å²) < 4.78 is 13.5. The predicted octanol–water partition coefficient (Wildman–Crippen LogP) is 1.85. The summed E-state index contributed by atoms with van der Waals surface area (Å²) in [6.45, 7) is 1.75. The molecule has 1 unspecified atom stereocenters. The standard InChI is InChI=1S/C20H20FN3O2/c21-17-8-4-5-9-18(17)22-20(26)23-19(25)14-24-12-10-16(11-13-24)15-6-2-1-3-7-15/h1-10H,11-14H2,(H2,22,23,25,26)/p+1. The number of imide groups is 1. The molecule has 1 heterocycles. The number of carbonyl (C=O) groups excluding carboxylic acids is 2. The number of benzene rings is 2. The molecule has 1 aliphatic heterocycles. The molecule has 3 N–H and O–H groups in total. The van der Waals surface area contributed by atoms with Crippen LogP contribution in [0.3, 0.4) is 0 Å². The molecule has 0 saturated carbocycles. The van der Waals surface area contributed by atoms with Gasteiger partial charge in [0.1, 0.15) is 5.82 Å². The zero-order valence-electron chi connectivity index (χ0n) is 14.3. The van der Waals surface area contributed by atoms with Gasteiger partial charge in [0.05, 0.1) is 18.8 Å². The monoisotopic (exact) mass is 354 g/mol. The molecule has 0 bridgehead atoms. The molecule has 0 radical (unpaired) electrons. The maximum absolute atomic E-state index is 13.5. The van der Waals surface area contributed by atoms with Crippen LogP contribution in [0.4, 0.5) is 14.9 Å². The summed E-state index contributed by atoms with van der Waals surface area (Å²) >= 11 is 0. The third-order valence-corrected chi connectivity index (χ3v) is 4.32. The number of halogens is 1. The minimum Gasteiger partial charge on any atom is -0.324 e. The Kier molecular flexibility index (Phi) is 5.76. The summed E-state index contributed by atoms with van der Waals surface area (Å²) in [6, 6.07) is 15.3. The van der Waals surface area contributed by atoms with Crippen LogP contribution in [0.25, 0.3) is 5.57 Å². The number of hydrogen-bond acceptors (Lipinski definition) is 2. The van der Waals surface area contributed by atoms with E-state index in [1.807, 2.05) is 18.2 Å². The van der Waals surface area contributed by atoms with Crippen LogP contribution in [0.5, 0.6) is 0 Å². The first-order chi connectivity index (χ1) is 12.6. The summed E-state index contributed by atoms with van der Waals surface area (Å²) in [5.74, 6) is -0.930. The van der Waals surface area contributed by atoms with Crippen molar-refractivity contribution in [3.63, 3.8) is 0 Å². The highest BCUT2D eigenvalue weighted by Crippen LogP contribution is 2.17. The van der Waals surface area contributed by atoms with Crippen LogP contribution in [-0.2, 0) is 4.79 Å². The third-order valence-electron chi connectivity index (χ3n) is 4.32. The number of urea groups is 1. The number of rotatable bonds is 4. The van der Waals surface area contributed by atoms with Crippen LogP contribution in [0, 0.1) is 5.82 Å². The Morgan fingerprint density at radius 3 is 2.46 bits per heavy atom. The maximum Gasteiger partial charge on any atom is 0.326 e. The van der Waals surface area contributed by atoms with Gasteiger partial charge in [0, 0.05) is 6.42 Å². The number of hydrogen-bond donors (Lipinski definition) is 3. The highest BCUT2D eigenvalue weighted by Gasteiger charge is 2.20. The van der Waals surface area contributed by atoms with E-state index in [-0.39, 0.29) is 18.1 Å². The van der Waals surface area contributed by atoms with Crippen LogP contribution in [0.1, 0.15) is 12.0 Å². The van der Waals surface area contributed by atoms with Crippen molar-refractivity contribution in [1.82, 2.24) is 5.32 Å². The van der Waals surface area contributed by atoms with Crippen LogP contribution >= 0.6 is 0 Å². The lowest BCUT2D eigenvalue weighted by Crippen LogP contribution is -3.13. The average Bonchev–Trinajstić information content (AvgIpc) is 2.65. The Labute approximate surface area is 151 Å². The van der Waals surface area contributed by atoms with E-state index in [0.717, 1.165) is 24.4 Å². The van der Waals surface area contributed by atoms with Gasteiger partial charge in [-0.25, -0.2) is 9.18 Å². The summed E-state index contributed by atoms with van der Waals surface area (Å²) in [4.78, 5) is 24.9. The van der Waals surface area contributed by atoms with Gasteiger partial charge in [-0.1, -0.05) is 42.5 Å². The van der Waals surface area contributed by atoms with E-state index in [4.69, 9.17) is 0 Å². The Balaban J connectivity index is 1.48. The van der Waals surface area contributed by atoms with Gasteiger partial charge in [-0.05, 0) is 29.3 Å². The van der Waals surface area contributed by atoms with Crippen molar-refractivity contribution in [2.24, 2.45) is 0 Å². The highest BCUT2D eigenvalue weighted by molar-refractivity contribution is 6.01. The van der Waals surface area contributed by atoms with E-state index >= 15 is 0 Å². The van der Waals surface area contributed by atoms with Crippen molar-refractivity contribution >= 4 is 23.2 Å². The molecule has 5 nitrogen and oxygen atoms in total. The first-order valence-corrected chi connectivity index (χ1v) is 8.55. The average molecular weight is 354 g/mol. The Morgan fingerprint density at radius 2 is 1.77 bits per heavy atom.